The Hall–Kier alpha value is -1.53. The summed E-state index contributed by atoms with van der Waals surface area (Å²) in [5.41, 5.74) is 2.79. The molecule has 26 heavy (non-hydrogen) atoms. The van der Waals surface area contributed by atoms with Crippen molar-refractivity contribution in [2.45, 2.75) is 24.5 Å². The SMILES string of the molecule is CC(=O)N(c1cccc(C)c1)c1nc(CSc2c(Cl)cccc2Cl)cs1. The predicted molar refractivity (Wildman–Crippen MR) is 112 cm³/mol. The normalized spacial score (nSPS) is 10.8. The number of carbonyl (C=O) groups is 1. The van der Waals surface area contributed by atoms with Gasteiger partial charge in [0, 0.05) is 23.0 Å². The van der Waals surface area contributed by atoms with Crippen LogP contribution in [-0.4, -0.2) is 10.9 Å². The van der Waals surface area contributed by atoms with E-state index >= 15 is 0 Å². The van der Waals surface area contributed by atoms with Gasteiger partial charge < -0.3 is 0 Å². The highest BCUT2D eigenvalue weighted by Gasteiger charge is 2.18. The lowest BCUT2D eigenvalue weighted by molar-refractivity contribution is -0.115. The zero-order valence-electron chi connectivity index (χ0n) is 14.2. The van der Waals surface area contributed by atoms with Crippen LogP contribution >= 0.6 is 46.3 Å². The molecule has 1 heterocycles. The van der Waals surface area contributed by atoms with E-state index in [0.717, 1.165) is 21.8 Å². The van der Waals surface area contributed by atoms with E-state index < -0.39 is 0 Å². The summed E-state index contributed by atoms with van der Waals surface area (Å²) >= 11 is 15.4. The number of aromatic nitrogens is 1. The second-order valence-corrected chi connectivity index (χ2v) is 8.29. The van der Waals surface area contributed by atoms with Crippen LogP contribution < -0.4 is 4.90 Å². The van der Waals surface area contributed by atoms with Crippen LogP contribution in [0.1, 0.15) is 18.2 Å². The number of aryl methyl sites for hydroxylation is 1. The van der Waals surface area contributed by atoms with E-state index in [-0.39, 0.29) is 5.91 Å². The third-order valence-corrected chi connectivity index (χ3v) is 6.49. The number of carbonyl (C=O) groups excluding carboxylic acids is 1. The van der Waals surface area contributed by atoms with Crippen molar-refractivity contribution < 1.29 is 4.79 Å². The number of rotatable bonds is 5. The van der Waals surface area contributed by atoms with Crippen molar-refractivity contribution in [3.05, 3.63) is 69.1 Å². The Labute approximate surface area is 171 Å². The van der Waals surface area contributed by atoms with Gasteiger partial charge in [-0.2, -0.15) is 0 Å². The van der Waals surface area contributed by atoms with Crippen LogP contribution in [0, 0.1) is 6.92 Å². The number of nitrogens with zero attached hydrogens (tertiary/aromatic N) is 2. The van der Waals surface area contributed by atoms with E-state index in [4.69, 9.17) is 23.2 Å². The van der Waals surface area contributed by atoms with Gasteiger partial charge in [0.25, 0.3) is 0 Å². The van der Waals surface area contributed by atoms with Crippen molar-refractivity contribution in [3.63, 3.8) is 0 Å². The van der Waals surface area contributed by atoms with Gasteiger partial charge in [0.15, 0.2) is 5.13 Å². The first-order valence-corrected chi connectivity index (χ1v) is 10.5. The molecular formula is C19H16Cl2N2OS2. The average molecular weight is 423 g/mol. The van der Waals surface area contributed by atoms with E-state index in [1.54, 1.807) is 11.8 Å². The van der Waals surface area contributed by atoms with E-state index in [1.807, 2.05) is 54.8 Å². The summed E-state index contributed by atoms with van der Waals surface area (Å²) in [6, 6.07) is 13.3. The molecule has 0 saturated carbocycles. The van der Waals surface area contributed by atoms with Gasteiger partial charge >= 0.3 is 0 Å². The fourth-order valence-corrected chi connectivity index (χ4v) is 4.99. The molecule has 1 amide bonds. The Morgan fingerprint density at radius 1 is 1.19 bits per heavy atom. The molecule has 0 atom stereocenters. The minimum Gasteiger partial charge on any atom is -0.274 e. The highest BCUT2D eigenvalue weighted by atomic mass is 35.5. The number of halogens is 2. The molecule has 2 aromatic carbocycles. The smallest absolute Gasteiger partial charge is 0.230 e. The summed E-state index contributed by atoms with van der Waals surface area (Å²) in [5.74, 6) is 0.554. The molecule has 3 rings (SSSR count). The first kappa shape index (κ1) is 19.2. The third-order valence-electron chi connectivity index (χ3n) is 3.59. The van der Waals surface area contributed by atoms with Crippen LogP contribution in [0.15, 0.2) is 52.7 Å². The molecule has 0 unspecified atom stereocenters. The maximum atomic E-state index is 12.2. The molecule has 1 aromatic heterocycles. The van der Waals surface area contributed by atoms with Crippen molar-refractivity contribution in [2.75, 3.05) is 4.90 Å². The molecule has 0 saturated heterocycles. The van der Waals surface area contributed by atoms with E-state index in [0.29, 0.717) is 20.9 Å². The molecule has 134 valence electrons. The van der Waals surface area contributed by atoms with E-state index in [9.17, 15) is 4.79 Å². The number of thiazole rings is 1. The fraction of sp³-hybridized carbons (Fsp3) is 0.158. The van der Waals surface area contributed by atoms with Crippen molar-refractivity contribution in [3.8, 4) is 0 Å². The molecule has 3 aromatic rings. The van der Waals surface area contributed by atoms with Gasteiger partial charge in [-0.15, -0.1) is 23.1 Å². The van der Waals surface area contributed by atoms with Gasteiger partial charge in [-0.1, -0.05) is 41.4 Å². The largest absolute Gasteiger partial charge is 0.274 e. The van der Waals surface area contributed by atoms with Gasteiger partial charge in [-0.05, 0) is 36.8 Å². The van der Waals surface area contributed by atoms with E-state index in [2.05, 4.69) is 4.98 Å². The summed E-state index contributed by atoms with van der Waals surface area (Å²) in [6.07, 6.45) is 0. The van der Waals surface area contributed by atoms with Gasteiger partial charge in [0.05, 0.1) is 21.4 Å². The topological polar surface area (TPSA) is 33.2 Å². The second kappa shape index (κ2) is 8.44. The highest BCUT2D eigenvalue weighted by molar-refractivity contribution is 7.98. The first-order valence-electron chi connectivity index (χ1n) is 7.84. The molecule has 0 fully saturated rings. The van der Waals surface area contributed by atoms with Gasteiger partial charge in [-0.25, -0.2) is 4.98 Å². The van der Waals surface area contributed by atoms with Crippen LogP contribution in [-0.2, 0) is 10.5 Å². The van der Waals surface area contributed by atoms with E-state index in [1.165, 1.54) is 23.1 Å². The zero-order chi connectivity index (χ0) is 18.7. The Kier molecular flexibility index (Phi) is 6.24. The quantitative estimate of drug-likeness (QED) is 0.427. The van der Waals surface area contributed by atoms with Crippen molar-refractivity contribution in [1.29, 1.82) is 0 Å². The lowest BCUT2D eigenvalue weighted by Crippen LogP contribution is -2.22. The molecule has 0 N–H and O–H groups in total. The van der Waals surface area contributed by atoms with Gasteiger partial charge in [0.2, 0.25) is 5.91 Å². The number of amides is 1. The second-order valence-electron chi connectivity index (χ2n) is 5.65. The number of hydrogen-bond donors (Lipinski definition) is 0. The zero-order valence-corrected chi connectivity index (χ0v) is 17.3. The Morgan fingerprint density at radius 3 is 2.54 bits per heavy atom. The minimum absolute atomic E-state index is 0.0710. The molecular weight excluding hydrogens is 407 g/mol. The molecule has 0 aliphatic heterocycles. The van der Waals surface area contributed by atoms with Crippen LogP contribution in [0.2, 0.25) is 10.0 Å². The summed E-state index contributed by atoms with van der Waals surface area (Å²) in [6.45, 7) is 3.54. The number of benzene rings is 2. The fourth-order valence-electron chi connectivity index (χ4n) is 2.43. The average Bonchev–Trinajstić information content (AvgIpc) is 3.02. The number of hydrogen-bond acceptors (Lipinski definition) is 4. The predicted octanol–water partition coefficient (Wildman–Crippen LogP) is 6.74. The lowest BCUT2D eigenvalue weighted by Gasteiger charge is -2.18. The minimum atomic E-state index is -0.0710. The van der Waals surface area contributed by atoms with Crippen molar-refractivity contribution in [2.24, 2.45) is 0 Å². The van der Waals surface area contributed by atoms with Crippen LogP contribution in [0.5, 0.6) is 0 Å². The van der Waals surface area contributed by atoms with Crippen molar-refractivity contribution >= 4 is 63.0 Å². The molecule has 0 bridgehead atoms. The maximum absolute atomic E-state index is 12.2. The maximum Gasteiger partial charge on any atom is 0.230 e. The molecule has 0 aliphatic carbocycles. The van der Waals surface area contributed by atoms with Crippen molar-refractivity contribution in [1.82, 2.24) is 4.98 Å². The molecule has 0 radical (unpaired) electrons. The summed E-state index contributed by atoms with van der Waals surface area (Å²) < 4.78 is 0. The Morgan fingerprint density at radius 2 is 1.88 bits per heavy atom. The Bertz CT molecular complexity index is 923. The summed E-state index contributed by atoms with van der Waals surface area (Å²) in [4.78, 5) is 19.3. The number of anilines is 2. The highest BCUT2D eigenvalue weighted by Crippen LogP contribution is 2.37. The molecule has 7 heteroatoms. The summed E-state index contributed by atoms with van der Waals surface area (Å²) in [5, 5.41) is 3.87. The molecule has 3 nitrogen and oxygen atoms in total. The van der Waals surface area contributed by atoms with Gasteiger partial charge in [-0.3, -0.25) is 9.69 Å². The third kappa shape index (κ3) is 4.41. The first-order chi connectivity index (χ1) is 12.5. The van der Waals surface area contributed by atoms with Crippen LogP contribution in [0.4, 0.5) is 10.8 Å². The van der Waals surface area contributed by atoms with Gasteiger partial charge in [0.1, 0.15) is 0 Å². The Balaban J connectivity index is 1.80. The van der Waals surface area contributed by atoms with Crippen LogP contribution in [0.25, 0.3) is 0 Å². The lowest BCUT2D eigenvalue weighted by atomic mass is 10.2. The molecule has 0 aliphatic rings. The molecule has 0 spiro atoms. The summed E-state index contributed by atoms with van der Waals surface area (Å²) in [7, 11) is 0. The van der Waals surface area contributed by atoms with Crippen LogP contribution in [0.3, 0.4) is 0 Å². The standard InChI is InChI=1S/C19H16Cl2N2OS2/c1-12-5-3-6-15(9-12)23(13(2)24)19-22-14(11-26-19)10-25-18-16(20)7-4-8-17(18)21/h3-9,11H,10H2,1-2H3. The monoisotopic (exact) mass is 422 g/mol. The number of thioether (sulfide) groups is 1.